The number of Topliss-reactive ketones (excluding diaryl/α,β-unsaturated/α-hetero) is 1. The van der Waals surface area contributed by atoms with E-state index in [0.29, 0.717) is 42.9 Å². The molecule has 6 rings (SSSR count). The first-order valence-corrected chi connectivity index (χ1v) is 24.1. The Bertz CT molecular complexity index is 2190. The van der Waals surface area contributed by atoms with E-state index in [2.05, 4.69) is 24.5 Å². The molecule has 2 aromatic heterocycles. The third-order valence-electron chi connectivity index (χ3n) is 10.4. The standard InChI is InChI=1S/C21H26ClFN4O3S.C21H25ClFN3O4S/c22-19-12-18(6-7-20(19)23)27(15-17-5-4-16(14-25-17)21(28)13-24)31(29,30)11-3-10-26-8-1-2-9-26;1-30-21(27)16-5-6-17(24-14-16)15-26(18-7-8-20(23)19(22)13-18)31(28,29)12-4-11-25-9-2-3-10-25/h4-7,12,14H,1-3,8-11,13,15,24H2;5-8,13-14H,2-4,9-12,15H2,1H3. The van der Waals surface area contributed by atoms with Crippen LogP contribution < -0.4 is 14.3 Å². The number of nitrogens with two attached hydrogens (primary N) is 1. The van der Waals surface area contributed by atoms with E-state index in [1.165, 1.54) is 58.4 Å². The second kappa shape index (κ2) is 22.9. The van der Waals surface area contributed by atoms with Gasteiger partial charge < -0.3 is 20.3 Å². The van der Waals surface area contributed by atoms with Gasteiger partial charge in [-0.3, -0.25) is 23.4 Å². The van der Waals surface area contributed by atoms with Gasteiger partial charge in [-0.05, 0) is 138 Å². The molecule has 2 aliphatic rings. The number of methoxy groups -OCH3 is 1. The topological polar surface area (TPSA) is 176 Å². The third-order valence-corrected chi connectivity index (χ3v) is 14.6. The van der Waals surface area contributed by atoms with Gasteiger partial charge in [0.25, 0.3) is 0 Å². The van der Waals surface area contributed by atoms with Gasteiger partial charge in [-0.25, -0.2) is 30.4 Å². The second-order valence-electron chi connectivity index (χ2n) is 14.8. The van der Waals surface area contributed by atoms with E-state index in [1.54, 1.807) is 18.2 Å². The van der Waals surface area contributed by atoms with E-state index in [4.69, 9.17) is 28.9 Å². The first kappa shape index (κ1) is 48.7. The van der Waals surface area contributed by atoms with E-state index in [-0.39, 0.29) is 63.9 Å². The molecule has 0 spiro atoms. The van der Waals surface area contributed by atoms with Gasteiger partial charge in [-0.2, -0.15) is 0 Å². The molecule has 336 valence electrons. The molecule has 20 heteroatoms. The molecule has 0 bridgehead atoms. The number of hydrogen-bond donors (Lipinski definition) is 1. The van der Waals surface area contributed by atoms with Gasteiger partial charge >= 0.3 is 5.97 Å². The number of hydrogen-bond acceptors (Lipinski definition) is 12. The Morgan fingerprint density at radius 1 is 0.694 bits per heavy atom. The minimum atomic E-state index is -3.73. The number of ether oxygens (including phenoxy) is 1. The van der Waals surface area contributed by atoms with Crippen LogP contribution in [0.5, 0.6) is 0 Å². The Morgan fingerprint density at radius 2 is 1.11 bits per heavy atom. The number of carbonyl (C=O) groups excluding carboxylic acids is 2. The molecular weight excluding hydrogens is 888 g/mol. The van der Waals surface area contributed by atoms with Gasteiger partial charge in [0.05, 0.1) is 76.6 Å². The van der Waals surface area contributed by atoms with Crippen LogP contribution >= 0.6 is 23.2 Å². The summed E-state index contributed by atoms with van der Waals surface area (Å²) in [6, 6.07) is 13.8. The van der Waals surface area contributed by atoms with E-state index in [9.17, 15) is 35.2 Å². The van der Waals surface area contributed by atoms with Crippen molar-refractivity contribution in [1.82, 2.24) is 19.8 Å². The fourth-order valence-electron chi connectivity index (χ4n) is 7.01. The number of rotatable bonds is 19. The number of nitrogens with zero attached hydrogens (tertiary/aromatic N) is 6. The molecule has 4 heterocycles. The highest BCUT2D eigenvalue weighted by atomic mass is 35.5. The zero-order valence-corrected chi connectivity index (χ0v) is 37.5. The molecular formula is C42H51Cl2F2N7O7S2. The fourth-order valence-corrected chi connectivity index (χ4v) is 10.3. The quantitative estimate of drug-likeness (QED) is 0.0820. The Labute approximate surface area is 372 Å². The van der Waals surface area contributed by atoms with Crippen molar-refractivity contribution in [1.29, 1.82) is 0 Å². The van der Waals surface area contributed by atoms with Crippen molar-refractivity contribution in [3.8, 4) is 0 Å². The van der Waals surface area contributed by atoms with Crippen LogP contribution in [0.1, 0.15) is 70.6 Å². The van der Waals surface area contributed by atoms with E-state index in [1.807, 2.05) is 0 Å². The molecule has 0 aliphatic carbocycles. The summed E-state index contributed by atoms with van der Waals surface area (Å²) in [5, 5.41) is -0.324. The van der Waals surface area contributed by atoms with Crippen molar-refractivity contribution < 1.29 is 39.9 Å². The fraction of sp³-hybridized carbons (Fsp3) is 0.429. The smallest absolute Gasteiger partial charge is 0.339 e. The van der Waals surface area contributed by atoms with Crippen molar-refractivity contribution >= 4 is 66.4 Å². The number of aromatic nitrogens is 2. The van der Waals surface area contributed by atoms with Crippen LogP contribution in [0.3, 0.4) is 0 Å². The summed E-state index contributed by atoms with van der Waals surface area (Å²) in [6.07, 6.45) is 8.24. The van der Waals surface area contributed by atoms with Crippen molar-refractivity contribution in [2.24, 2.45) is 5.73 Å². The predicted molar refractivity (Wildman–Crippen MR) is 237 cm³/mol. The highest BCUT2D eigenvalue weighted by molar-refractivity contribution is 7.93. The molecule has 2 aromatic carbocycles. The lowest BCUT2D eigenvalue weighted by Crippen LogP contribution is -2.34. The Balaban J connectivity index is 0.000000234. The maximum Gasteiger partial charge on any atom is 0.339 e. The maximum absolute atomic E-state index is 13.7. The molecule has 14 nitrogen and oxygen atoms in total. The van der Waals surface area contributed by atoms with Gasteiger partial charge in [0.1, 0.15) is 11.6 Å². The van der Waals surface area contributed by atoms with Gasteiger partial charge in [0.15, 0.2) is 5.78 Å². The summed E-state index contributed by atoms with van der Waals surface area (Å²) in [5.74, 6) is -2.15. The van der Waals surface area contributed by atoms with Crippen LogP contribution in [0.25, 0.3) is 0 Å². The molecule has 62 heavy (non-hydrogen) atoms. The second-order valence-corrected chi connectivity index (χ2v) is 19.7. The summed E-state index contributed by atoms with van der Waals surface area (Å²) in [5.41, 5.74) is 7.37. The third kappa shape index (κ3) is 13.8. The van der Waals surface area contributed by atoms with Gasteiger partial charge in [-0.1, -0.05) is 23.2 Å². The average molecular weight is 939 g/mol. The minimum Gasteiger partial charge on any atom is -0.465 e. The first-order chi connectivity index (χ1) is 29.6. The number of carbonyl (C=O) groups is 2. The number of benzene rings is 2. The van der Waals surface area contributed by atoms with Crippen LogP contribution in [-0.4, -0.2) is 113 Å². The molecule has 0 saturated carbocycles. The Kier molecular flexibility index (Phi) is 18.0. The van der Waals surface area contributed by atoms with Gasteiger partial charge in [0, 0.05) is 18.0 Å². The Morgan fingerprint density at radius 3 is 1.47 bits per heavy atom. The summed E-state index contributed by atoms with van der Waals surface area (Å²) < 4.78 is 87.1. The van der Waals surface area contributed by atoms with E-state index in [0.717, 1.165) is 64.0 Å². The number of ketones is 1. The van der Waals surface area contributed by atoms with Crippen LogP contribution in [-0.2, 0) is 37.9 Å². The number of esters is 1. The van der Waals surface area contributed by atoms with Gasteiger partial charge in [0.2, 0.25) is 20.0 Å². The lowest BCUT2D eigenvalue weighted by atomic mass is 10.2. The van der Waals surface area contributed by atoms with Crippen molar-refractivity contribution in [2.45, 2.75) is 51.6 Å². The van der Waals surface area contributed by atoms with E-state index >= 15 is 0 Å². The van der Waals surface area contributed by atoms with Crippen LogP contribution in [0.4, 0.5) is 20.2 Å². The normalized spacial score (nSPS) is 14.6. The first-order valence-electron chi connectivity index (χ1n) is 20.2. The molecule has 0 radical (unpaired) electrons. The molecule has 2 aliphatic heterocycles. The van der Waals surface area contributed by atoms with Crippen molar-refractivity contribution in [3.05, 3.63) is 117 Å². The molecule has 2 N–H and O–H groups in total. The van der Waals surface area contributed by atoms with E-state index < -0.39 is 37.7 Å². The minimum absolute atomic E-state index is 0.0533. The number of sulfonamides is 2. The molecule has 0 atom stereocenters. The maximum atomic E-state index is 13.7. The molecule has 4 aromatic rings. The summed E-state index contributed by atoms with van der Waals surface area (Å²) in [4.78, 5) is 36.2. The monoisotopic (exact) mass is 937 g/mol. The van der Waals surface area contributed by atoms with Crippen LogP contribution in [0.2, 0.25) is 10.0 Å². The Hall–Kier alpha value is -4.30. The molecule has 0 unspecified atom stereocenters. The van der Waals surface area contributed by atoms with Crippen molar-refractivity contribution in [2.75, 3.05) is 73.0 Å². The zero-order valence-electron chi connectivity index (χ0n) is 34.4. The number of halogens is 4. The number of anilines is 2. The van der Waals surface area contributed by atoms with Gasteiger partial charge in [-0.15, -0.1) is 0 Å². The lowest BCUT2D eigenvalue weighted by Gasteiger charge is -2.25. The predicted octanol–water partition coefficient (Wildman–Crippen LogP) is 6.32. The van der Waals surface area contributed by atoms with Crippen LogP contribution in [0.15, 0.2) is 73.1 Å². The zero-order chi connectivity index (χ0) is 44.9. The summed E-state index contributed by atoms with van der Waals surface area (Å²) in [7, 11) is -6.19. The highest BCUT2D eigenvalue weighted by Gasteiger charge is 2.27. The lowest BCUT2D eigenvalue weighted by molar-refractivity contribution is 0.0600. The number of likely N-dealkylation sites (tertiary alicyclic amines) is 2. The largest absolute Gasteiger partial charge is 0.465 e. The molecule has 2 fully saturated rings. The summed E-state index contributed by atoms with van der Waals surface area (Å²) >= 11 is 11.8. The average Bonchev–Trinajstić information content (AvgIpc) is 3.99. The number of pyridine rings is 2. The SMILES string of the molecule is COC(=O)c1ccc(CN(c2ccc(F)c(Cl)c2)S(=O)(=O)CCCN2CCCC2)nc1.NCC(=O)c1ccc(CN(c2ccc(F)c(Cl)c2)S(=O)(=O)CCCN2CCCC2)nc1. The molecule has 2 saturated heterocycles. The molecule has 0 amide bonds. The summed E-state index contributed by atoms with van der Waals surface area (Å²) in [6.45, 7) is 5.13. The highest BCUT2D eigenvalue weighted by Crippen LogP contribution is 2.29. The van der Waals surface area contributed by atoms with Crippen molar-refractivity contribution in [3.63, 3.8) is 0 Å². The van der Waals surface area contributed by atoms with Crippen LogP contribution in [0, 0.1) is 11.6 Å².